The van der Waals surface area contributed by atoms with Gasteiger partial charge in [0.05, 0.1) is 21.3 Å². The van der Waals surface area contributed by atoms with Gasteiger partial charge >= 0.3 is 17.9 Å². The third-order valence-corrected chi connectivity index (χ3v) is 4.08. The molecule has 0 radical (unpaired) electrons. The van der Waals surface area contributed by atoms with E-state index in [4.69, 9.17) is 0 Å². The van der Waals surface area contributed by atoms with Gasteiger partial charge in [-0.2, -0.15) is 0 Å². The van der Waals surface area contributed by atoms with Crippen LogP contribution in [-0.2, 0) is 33.4 Å². The molecule has 0 saturated carbocycles. The fraction of sp³-hybridized carbons (Fsp3) is 0.444. The number of aliphatic hydroxyl groups is 1. The molecule has 0 aromatic heterocycles. The number of carbonyl (C=O) groups is 4. The van der Waals surface area contributed by atoms with E-state index in [-0.39, 0.29) is 0 Å². The SMILES string of the molecule is COC(=O)C(C(=O)OC)[C@H](C)[C@H](NC(=O)[C@@H](O)c1ccccc1)C(=O)OC. The Morgan fingerprint density at radius 2 is 1.37 bits per heavy atom. The maximum Gasteiger partial charge on any atom is 0.328 e. The summed E-state index contributed by atoms with van der Waals surface area (Å²) in [6, 6.07) is 6.65. The Labute approximate surface area is 156 Å². The van der Waals surface area contributed by atoms with Crippen LogP contribution in [0.1, 0.15) is 18.6 Å². The predicted octanol–water partition coefficient (Wildman–Crippen LogP) is -0.0239. The minimum Gasteiger partial charge on any atom is -0.468 e. The van der Waals surface area contributed by atoms with Gasteiger partial charge in [-0.05, 0) is 5.56 Å². The van der Waals surface area contributed by atoms with E-state index in [1.807, 2.05) is 0 Å². The molecule has 0 aliphatic rings. The Morgan fingerprint density at radius 3 is 1.81 bits per heavy atom. The van der Waals surface area contributed by atoms with Crippen molar-refractivity contribution < 1.29 is 38.5 Å². The molecule has 1 aromatic carbocycles. The van der Waals surface area contributed by atoms with E-state index < -0.39 is 47.8 Å². The lowest BCUT2D eigenvalue weighted by Crippen LogP contribution is -2.52. The molecule has 0 spiro atoms. The quantitative estimate of drug-likeness (QED) is 0.365. The third-order valence-electron chi connectivity index (χ3n) is 4.08. The van der Waals surface area contributed by atoms with Crippen LogP contribution in [0.5, 0.6) is 0 Å². The highest BCUT2D eigenvalue weighted by Gasteiger charge is 2.43. The van der Waals surface area contributed by atoms with Gasteiger partial charge in [0.15, 0.2) is 12.0 Å². The summed E-state index contributed by atoms with van der Waals surface area (Å²) < 4.78 is 13.8. The summed E-state index contributed by atoms with van der Waals surface area (Å²) in [5.41, 5.74) is 0.309. The Hall–Kier alpha value is -2.94. The van der Waals surface area contributed by atoms with E-state index in [2.05, 4.69) is 19.5 Å². The topological polar surface area (TPSA) is 128 Å². The highest BCUT2D eigenvalue weighted by atomic mass is 16.5. The monoisotopic (exact) mass is 381 g/mol. The smallest absolute Gasteiger partial charge is 0.328 e. The van der Waals surface area contributed by atoms with Crippen molar-refractivity contribution in [2.24, 2.45) is 11.8 Å². The summed E-state index contributed by atoms with van der Waals surface area (Å²) in [5, 5.41) is 12.5. The van der Waals surface area contributed by atoms with Crippen LogP contribution in [0.25, 0.3) is 0 Å². The molecule has 3 atom stereocenters. The first-order valence-corrected chi connectivity index (χ1v) is 8.05. The second-order valence-electron chi connectivity index (χ2n) is 5.71. The predicted molar refractivity (Wildman–Crippen MR) is 92.0 cm³/mol. The summed E-state index contributed by atoms with van der Waals surface area (Å²) in [4.78, 5) is 48.5. The zero-order chi connectivity index (χ0) is 20.6. The summed E-state index contributed by atoms with van der Waals surface area (Å²) in [6.45, 7) is 1.38. The number of methoxy groups -OCH3 is 3. The Kier molecular flexibility index (Phi) is 8.40. The molecule has 0 bridgehead atoms. The lowest BCUT2D eigenvalue weighted by Gasteiger charge is -2.27. The molecule has 0 aliphatic heterocycles. The first-order chi connectivity index (χ1) is 12.8. The molecule has 148 valence electrons. The van der Waals surface area contributed by atoms with E-state index in [1.165, 1.54) is 19.1 Å². The molecule has 9 nitrogen and oxygen atoms in total. The summed E-state index contributed by atoms with van der Waals surface area (Å²) in [6.07, 6.45) is -1.56. The minimum atomic E-state index is -1.56. The van der Waals surface area contributed by atoms with Crippen LogP contribution in [0.15, 0.2) is 30.3 Å². The van der Waals surface area contributed by atoms with Crippen molar-refractivity contribution in [3.8, 4) is 0 Å². The van der Waals surface area contributed by atoms with Gasteiger partial charge in [-0.1, -0.05) is 37.3 Å². The van der Waals surface area contributed by atoms with Gasteiger partial charge < -0.3 is 24.6 Å². The van der Waals surface area contributed by atoms with Gasteiger partial charge in [-0.25, -0.2) is 4.79 Å². The molecule has 0 aliphatic carbocycles. The lowest BCUT2D eigenvalue weighted by atomic mass is 9.87. The third kappa shape index (κ3) is 5.52. The van der Waals surface area contributed by atoms with Gasteiger partial charge in [0.1, 0.15) is 6.04 Å². The first-order valence-electron chi connectivity index (χ1n) is 8.05. The van der Waals surface area contributed by atoms with Crippen molar-refractivity contribution in [3.63, 3.8) is 0 Å². The maximum atomic E-state index is 12.4. The highest BCUT2D eigenvalue weighted by Crippen LogP contribution is 2.21. The lowest BCUT2D eigenvalue weighted by molar-refractivity contribution is -0.163. The van der Waals surface area contributed by atoms with E-state index in [1.54, 1.807) is 18.2 Å². The van der Waals surface area contributed by atoms with Crippen LogP contribution < -0.4 is 5.32 Å². The molecule has 0 saturated heterocycles. The molecule has 0 unspecified atom stereocenters. The molecule has 9 heteroatoms. The fourth-order valence-electron chi connectivity index (χ4n) is 2.52. The zero-order valence-electron chi connectivity index (χ0n) is 15.5. The molecular weight excluding hydrogens is 358 g/mol. The van der Waals surface area contributed by atoms with Crippen molar-refractivity contribution in [1.29, 1.82) is 0 Å². The number of hydrogen-bond donors (Lipinski definition) is 2. The molecule has 27 heavy (non-hydrogen) atoms. The molecular formula is C18H23NO8. The number of amides is 1. The van der Waals surface area contributed by atoms with Crippen molar-refractivity contribution in [2.45, 2.75) is 19.1 Å². The van der Waals surface area contributed by atoms with E-state index in [0.717, 1.165) is 21.3 Å². The fourth-order valence-corrected chi connectivity index (χ4v) is 2.52. The Bertz CT molecular complexity index is 659. The van der Waals surface area contributed by atoms with Crippen LogP contribution in [0.4, 0.5) is 0 Å². The number of benzene rings is 1. The molecule has 2 N–H and O–H groups in total. The van der Waals surface area contributed by atoms with E-state index in [9.17, 15) is 24.3 Å². The van der Waals surface area contributed by atoms with E-state index in [0.29, 0.717) is 5.56 Å². The number of esters is 3. The number of rotatable bonds is 8. The molecule has 0 fully saturated rings. The average molecular weight is 381 g/mol. The van der Waals surface area contributed by atoms with Gasteiger partial charge in [-0.3, -0.25) is 14.4 Å². The van der Waals surface area contributed by atoms with Gasteiger partial charge in [0, 0.05) is 5.92 Å². The normalized spacial score (nSPS) is 13.9. The second kappa shape index (κ2) is 10.3. The van der Waals surface area contributed by atoms with Gasteiger partial charge in [0.2, 0.25) is 0 Å². The molecule has 0 heterocycles. The van der Waals surface area contributed by atoms with Crippen LogP contribution >= 0.6 is 0 Å². The number of aliphatic hydroxyl groups excluding tert-OH is 1. The van der Waals surface area contributed by atoms with Crippen LogP contribution in [0, 0.1) is 11.8 Å². The highest BCUT2D eigenvalue weighted by molar-refractivity contribution is 5.96. The largest absolute Gasteiger partial charge is 0.468 e. The number of nitrogens with one attached hydrogen (secondary N) is 1. The molecule has 1 rings (SSSR count). The van der Waals surface area contributed by atoms with E-state index >= 15 is 0 Å². The number of carbonyl (C=O) groups excluding carboxylic acids is 4. The summed E-state index contributed by atoms with van der Waals surface area (Å²) >= 11 is 0. The summed E-state index contributed by atoms with van der Waals surface area (Å²) in [5.74, 6) is -6.18. The first kappa shape index (κ1) is 22.1. The average Bonchev–Trinajstić information content (AvgIpc) is 2.70. The standard InChI is InChI=1S/C18H23NO8/c1-10(12(16(22)25-2)17(23)26-3)13(18(24)27-4)19-15(21)14(20)11-8-6-5-7-9-11/h5-10,12-14,20H,1-4H3,(H,19,21)/t10-,13-,14-/m0/s1. The Balaban J connectivity index is 3.09. The van der Waals surface area contributed by atoms with Crippen LogP contribution in [0.2, 0.25) is 0 Å². The molecule has 1 amide bonds. The number of hydrogen-bond acceptors (Lipinski definition) is 8. The van der Waals surface area contributed by atoms with Crippen LogP contribution in [-0.4, -0.2) is 56.3 Å². The maximum absolute atomic E-state index is 12.4. The van der Waals surface area contributed by atoms with Gasteiger partial charge in [0.25, 0.3) is 5.91 Å². The van der Waals surface area contributed by atoms with Crippen molar-refractivity contribution in [2.75, 3.05) is 21.3 Å². The summed E-state index contributed by atoms with van der Waals surface area (Å²) in [7, 11) is 3.25. The second-order valence-corrected chi connectivity index (χ2v) is 5.71. The Morgan fingerprint density at radius 1 is 0.889 bits per heavy atom. The van der Waals surface area contributed by atoms with Crippen molar-refractivity contribution >= 4 is 23.8 Å². The van der Waals surface area contributed by atoms with Crippen molar-refractivity contribution in [3.05, 3.63) is 35.9 Å². The van der Waals surface area contributed by atoms with Crippen LogP contribution in [0.3, 0.4) is 0 Å². The minimum absolute atomic E-state index is 0.309. The van der Waals surface area contributed by atoms with Gasteiger partial charge in [-0.15, -0.1) is 0 Å². The van der Waals surface area contributed by atoms with Crippen molar-refractivity contribution in [1.82, 2.24) is 5.32 Å². The molecule has 1 aromatic rings. The number of ether oxygens (including phenoxy) is 3. The zero-order valence-corrected chi connectivity index (χ0v) is 15.5.